The normalized spacial score (nSPS) is 10.4. The quantitative estimate of drug-likeness (QED) is 0.751. The van der Waals surface area contributed by atoms with Gasteiger partial charge in [0.05, 0.1) is 5.69 Å². The van der Waals surface area contributed by atoms with Gasteiger partial charge in [-0.1, -0.05) is 43.7 Å². The van der Waals surface area contributed by atoms with Gasteiger partial charge in [-0.3, -0.25) is 0 Å². The highest BCUT2D eigenvalue weighted by atomic mass is 32.1. The molecule has 2 aromatic carbocycles. The summed E-state index contributed by atoms with van der Waals surface area (Å²) in [5.41, 5.74) is 1.32. The minimum absolute atomic E-state index is 0.186. The summed E-state index contributed by atoms with van der Waals surface area (Å²) in [6, 6.07) is 13.4. The van der Waals surface area contributed by atoms with Gasteiger partial charge in [0.25, 0.3) is 0 Å². The number of rotatable bonds is 6. The zero-order valence-corrected chi connectivity index (χ0v) is 13.9. The summed E-state index contributed by atoms with van der Waals surface area (Å²) in [4.78, 5) is 2.00. The van der Waals surface area contributed by atoms with Gasteiger partial charge in [0.2, 0.25) is 0 Å². The Labute approximate surface area is 141 Å². The second-order valence-corrected chi connectivity index (χ2v) is 5.70. The zero-order chi connectivity index (χ0) is 16.7. The first-order valence-electron chi connectivity index (χ1n) is 7.65. The molecule has 0 atom stereocenters. The van der Waals surface area contributed by atoms with Crippen LogP contribution in [0.4, 0.5) is 14.5 Å². The van der Waals surface area contributed by atoms with E-state index in [1.807, 2.05) is 35.2 Å². The summed E-state index contributed by atoms with van der Waals surface area (Å²) in [6.07, 6.45) is 2.03. The molecule has 0 heterocycles. The molecule has 0 aliphatic rings. The van der Waals surface area contributed by atoms with Gasteiger partial charge >= 0.3 is 0 Å². The summed E-state index contributed by atoms with van der Waals surface area (Å²) in [5, 5.41) is 3.32. The number of halogens is 2. The van der Waals surface area contributed by atoms with Crippen LogP contribution in [0.3, 0.4) is 0 Å². The van der Waals surface area contributed by atoms with Crippen LogP contribution >= 0.6 is 12.2 Å². The maximum Gasteiger partial charge on any atom is 0.173 e. The lowest BCUT2D eigenvalue weighted by Crippen LogP contribution is -2.35. The number of nitrogens with zero attached hydrogens (tertiary/aromatic N) is 1. The molecule has 0 bridgehead atoms. The van der Waals surface area contributed by atoms with Gasteiger partial charge in [-0.25, -0.2) is 8.78 Å². The van der Waals surface area contributed by atoms with E-state index >= 15 is 0 Å². The highest BCUT2D eigenvalue weighted by Gasteiger charge is 2.12. The molecule has 0 aliphatic heterocycles. The zero-order valence-electron chi connectivity index (χ0n) is 13.1. The maximum atomic E-state index is 13.8. The minimum Gasteiger partial charge on any atom is -0.345 e. The van der Waals surface area contributed by atoms with Gasteiger partial charge in [0, 0.05) is 19.2 Å². The molecule has 0 aliphatic carbocycles. The first-order valence-corrected chi connectivity index (χ1v) is 8.06. The van der Waals surface area contributed by atoms with E-state index in [1.54, 1.807) is 0 Å². The number of benzene rings is 2. The van der Waals surface area contributed by atoms with Crippen LogP contribution in [0.5, 0.6) is 0 Å². The van der Waals surface area contributed by atoms with E-state index in [1.165, 1.54) is 12.1 Å². The fourth-order valence-electron chi connectivity index (χ4n) is 2.19. The molecule has 0 fully saturated rings. The summed E-state index contributed by atoms with van der Waals surface area (Å²) in [7, 11) is 0. The highest BCUT2D eigenvalue weighted by Crippen LogP contribution is 2.16. The van der Waals surface area contributed by atoms with Gasteiger partial charge in [-0.05, 0) is 36.3 Å². The molecule has 122 valence electrons. The Morgan fingerprint density at radius 3 is 2.52 bits per heavy atom. The van der Waals surface area contributed by atoms with Crippen LogP contribution in [0.2, 0.25) is 0 Å². The van der Waals surface area contributed by atoms with Crippen molar-refractivity contribution in [3.8, 4) is 0 Å². The molecular formula is C18H20F2N2S. The van der Waals surface area contributed by atoms with Crippen LogP contribution in [-0.2, 0) is 6.54 Å². The Morgan fingerprint density at radius 2 is 1.87 bits per heavy atom. The van der Waals surface area contributed by atoms with Crippen molar-refractivity contribution in [2.24, 2.45) is 0 Å². The molecule has 0 amide bonds. The lowest BCUT2D eigenvalue weighted by Gasteiger charge is -2.26. The van der Waals surface area contributed by atoms with E-state index in [4.69, 9.17) is 12.2 Å². The van der Waals surface area contributed by atoms with Crippen LogP contribution in [0.25, 0.3) is 0 Å². The molecular weight excluding hydrogens is 314 g/mol. The molecule has 2 aromatic rings. The van der Waals surface area contributed by atoms with Crippen molar-refractivity contribution >= 4 is 23.0 Å². The predicted molar refractivity (Wildman–Crippen MR) is 94.3 cm³/mol. The predicted octanol–water partition coefficient (Wildman–Crippen LogP) is 4.96. The van der Waals surface area contributed by atoms with Crippen LogP contribution in [0.1, 0.15) is 25.3 Å². The Balaban J connectivity index is 2.09. The van der Waals surface area contributed by atoms with E-state index in [-0.39, 0.29) is 5.69 Å². The average molecular weight is 334 g/mol. The Hall–Kier alpha value is -2.01. The Bertz CT molecular complexity index is 647. The number of thiocarbonyl (C=S) groups is 1. The molecule has 0 radical (unpaired) electrons. The first-order chi connectivity index (χ1) is 11.1. The maximum absolute atomic E-state index is 13.8. The van der Waals surface area contributed by atoms with E-state index in [0.29, 0.717) is 11.7 Å². The Kier molecular flexibility index (Phi) is 6.47. The third-order valence-electron chi connectivity index (χ3n) is 3.46. The molecule has 0 unspecified atom stereocenters. The van der Waals surface area contributed by atoms with Crippen molar-refractivity contribution in [1.82, 2.24) is 4.90 Å². The van der Waals surface area contributed by atoms with Gasteiger partial charge in [0.1, 0.15) is 11.6 Å². The van der Waals surface area contributed by atoms with Crippen molar-refractivity contribution < 1.29 is 8.78 Å². The molecule has 1 N–H and O–H groups in total. The van der Waals surface area contributed by atoms with Gasteiger partial charge in [-0.2, -0.15) is 0 Å². The third-order valence-corrected chi connectivity index (χ3v) is 3.82. The van der Waals surface area contributed by atoms with Crippen molar-refractivity contribution in [3.63, 3.8) is 0 Å². The molecule has 0 saturated carbocycles. The largest absolute Gasteiger partial charge is 0.345 e. The van der Waals surface area contributed by atoms with Crippen LogP contribution in [0.15, 0.2) is 48.5 Å². The standard InChI is InChI=1S/C18H20F2N2S/c1-2-3-11-22(13-14-7-5-4-6-8-14)18(23)21-17-10-9-15(19)12-16(17)20/h4-10,12H,2-3,11,13H2,1H3,(H,21,23). The van der Waals surface area contributed by atoms with Crippen molar-refractivity contribution in [1.29, 1.82) is 0 Å². The number of nitrogens with one attached hydrogen (secondary N) is 1. The van der Waals surface area contributed by atoms with E-state index < -0.39 is 11.6 Å². The van der Waals surface area contributed by atoms with Crippen molar-refractivity contribution in [2.75, 3.05) is 11.9 Å². The summed E-state index contributed by atoms with van der Waals surface area (Å²) in [6.45, 7) is 3.53. The molecule has 5 heteroatoms. The Morgan fingerprint density at radius 1 is 1.13 bits per heavy atom. The van der Waals surface area contributed by atoms with Crippen molar-refractivity contribution in [2.45, 2.75) is 26.3 Å². The third kappa shape index (κ3) is 5.28. The molecule has 23 heavy (non-hydrogen) atoms. The monoisotopic (exact) mass is 334 g/mol. The smallest absolute Gasteiger partial charge is 0.173 e. The van der Waals surface area contributed by atoms with Crippen LogP contribution < -0.4 is 5.32 Å². The van der Waals surface area contributed by atoms with E-state index in [2.05, 4.69) is 12.2 Å². The number of anilines is 1. The number of hydrogen-bond donors (Lipinski definition) is 1. The fraction of sp³-hybridized carbons (Fsp3) is 0.278. The fourth-order valence-corrected chi connectivity index (χ4v) is 2.46. The van der Waals surface area contributed by atoms with Crippen LogP contribution in [0, 0.1) is 11.6 Å². The lowest BCUT2D eigenvalue weighted by atomic mass is 10.2. The van der Waals surface area contributed by atoms with Gasteiger partial charge in [0.15, 0.2) is 5.11 Å². The summed E-state index contributed by atoms with van der Waals surface area (Å²) in [5.74, 6) is -1.26. The number of hydrogen-bond acceptors (Lipinski definition) is 1. The van der Waals surface area contributed by atoms with Crippen molar-refractivity contribution in [3.05, 3.63) is 65.7 Å². The average Bonchev–Trinajstić information content (AvgIpc) is 2.55. The van der Waals surface area contributed by atoms with E-state index in [9.17, 15) is 8.78 Å². The SMILES string of the molecule is CCCCN(Cc1ccccc1)C(=S)Nc1ccc(F)cc1F. The molecule has 0 saturated heterocycles. The van der Waals surface area contributed by atoms with Gasteiger partial charge < -0.3 is 10.2 Å². The lowest BCUT2D eigenvalue weighted by molar-refractivity contribution is 0.407. The number of unbranched alkanes of at least 4 members (excludes halogenated alkanes) is 1. The molecule has 0 aromatic heterocycles. The summed E-state index contributed by atoms with van der Waals surface area (Å²) < 4.78 is 26.8. The minimum atomic E-state index is -0.650. The first kappa shape index (κ1) is 17.3. The molecule has 0 spiro atoms. The topological polar surface area (TPSA) is 15.3 Å². The second-order valence-electron chi connectivity index (χ2n) is 5.32. The second kappa shape index (κ2) is 8.58. The van der Waals surface area contributed by atoms with Gasteiger partial charge in [-0.15, -0.1) is 0 Å². The summed E-state index contributed by atoms with van der Waals surface area (Å²) >= 11 is 5.42. The molecule has 2 rings (SSSR count). The highest BCUT2D eigenvalue weighted by molar-refractivity contribution is 7.80. The van der Waals surface area contributed by atoms with Crippen LogP contribution in [-0.4, -0.2) is 16.6 Å². The molecule has 2 nitrogen and oxygen atoms in total. The van der Waals surface area contributed by atoms with E-state index in [0.717, 1.165) is 31.0 Å².